The fourth-order valence-electron chi connectivity index (χ4n) is 3.42. The summed E-state index contributed by atoms with van der Waals surface area (Å²) in [6.45, 7) is 4.90. The Morgan fingerprint density at radius 3 is 2.83 bits per heavy atom. The summed E-state index contributed by atoms with van der Waals surface area (Å²) in [5, 5.41) is 8.99. The van der Waals surface area contributed by atoms with Gasteiger partial charge in [-0.3, -0.25) is 0 Å². The van der Waals surface area contributed by atoms with Gasteiger partial charge >= 0.3 is 0 Å². The summed E-state index contributed by atoms with van der Waals surface area (Å²) < 4.78 is 40.3. The molecule has 132 valence electrons. The van der Waals surface area contributed by atoms with E-state index < -0.39 is 10.2 Å². The first kappa shape index (κ1) is 18.6. The molecule has 23 heavy (non-hydrogen) atoms. The minimum Gasteiger partial charge on any atom is -0.381 e. The van der Waals surface area contributed by atoms with E-state index in [2.05, 4.69) is 6.07 Å². The van der Waals surface area contributed by atoms with Gasteiger partial charge in [-0.1, -0.05) is 6.92 Å². The molecule has 0 aromatic carbocycles. The van der Waals surface area contributed by atoms with Gasteiger partial charge < -0.3 is 9.47 Å². The molecule has 0 unspecified atom stereocenters. The van der Waals surface area contributed by atoms with Gasteiger partial charge in [-0.25, -0.2) is 0 Å². The van der Waals surface area contributed by atoms with E-state index in [1.165, 1.54) is 4.31 Å². The summed E-state index contributed by atoms with van der Waals surface area (Å²) in [7, 11) is -1.93. The SMILES string of the molecule is CCN(C[C@H](C)C#N)S(=O)(=O)N1CCO[C@@H]2CC[C@H](OC)C[C@H]21. The molecule has 1 aliphatic carbocycles. The number of nitriles is 1. The second-order valence-electron chi connectivity index (χ2n) is 6.25. The maximum absolute atomic E-state index is 13.1. The van der Waals surface area contributed by atoms with E-state index in [9.17, 15) is 8.42 Å². The number of hydrogen-bond donors (Lipinski definition) is 0. The second-order valence-corrected chi connectivity index (χ2v) is 8.13. The van der Waals surface area contributed by atoms with Gasteiger partial charge in [0.15, 0.2) is 0 Å². The van der Waals surface area contributed by atoms with Gasteiger partial charge in [0.2, 0.25) is 0 Å². The first-order valence-electron chi connectivity index (χ1n) is 8.25. The molecule has 0 radical (unpaired) electrons. The lowest BCUT2D eigenvalue weighted by molar-refractivity contribution is -0.0896. The average molecular weight is 345 g/mol. The van der Waals surface area contributed by atoms with Crippen LogP contribution in [0, 0.1) is 17.2 Å². The van der Waals surface area contributed by atoms with Crippen LogP contribution < -0.4 is 0 Å². The molecular weight excluding hydrogens is 318 g/mol. The van der Waals surface area contributed by atoms with E-state index in [4.69, 9.17) is 14.7 Å². The number of ether oxygens (including phenoxy) is 2. The van der Waals surface area contributed by atoms with Crippen molar-refractivity contribution in [2.75, 3.05) is 33.4 Å². The predicted molar refractivity (Wildman–Crippen MR) is 85.8 cm³/mol. The van der Waals surface area contributed by atoms with Gasteiger partial charge in [0.05, 0.1) is 36.8 Å². The van der Waals surface area contributed by atoms with Crippen LogP contribution in [0.15, 0.2) is 0 Å². The normalized spacial score (nSPS) is 30.7. The summed E-state index contributed by atoms with van der Waals surface area (Å²) in [5.74, 6) is -0.334. The fourth-order valence-corrected chi connectivity index (χ4v) is 5.32. The molecule has 0 bridgehead atoms. The van der Waals surface area contributed by atoms with E-state index in [1.807, 2.05) is 0 Å². The lowest BCUT2D eigenvalue weighted by Crippen LogP contribution is -2.60. The third kappa shape index (κ3) is 4.03. The largest absolute Gasteiger partial charge is 0.381 e. The van der Waals surface area contributed by atoms with Crippen LogP contribution in [0.4, 0.5) is 0 Å². The molecule has 7 nitrogen and oxygen atoms in total. The molecule has 0 aromatic rings. The fraction of sp³-hybridized carbons (Fsp3) is 0.933. The van der Waals surface area contributed by atoms with Gasteiger partial charge in [-0.05, 0) is 26.2 Å². The molecule has 0 aromatic heterocycles. The van der Waals surface area contributed by atoms with E-state index >= 15 is 0 Å². The molecule has 8 heteroatoms. The standard InChI is InChI=1S/C15H27N3O4S/c1-4-17(11-12(2)10-16)23(19,20)18-7-8-22-15-6-5-13(21-3)9-14(15)18/h12-15H,4-9,11H2,1-3H3/t12-,13+,14-,15-/m1/s1. The van der Waals surface area contributed by atoms with Crippen molar-refractivity contribution in [3.05, 3.63) is 0 Å². The van der Waals surface area contributed by atoms with Gasteiger partial charge in [0.25, 0.3) is 10.2 Å². The molecule has 0 spiro atoms. The highest BCUT2D eigenvalue weighted by Crippen LogP contribution is 2.32. The van der Waals surface area contributed by atoms with Gasteiger partial charge in [-0.15, -0.1) is 0 Å². The van der Waals surface area contributed by atoms with Gasteiger partial charge in [0.1, 0.15) is 0 Å². The lowest BCUT2D eigenvalue weighted by atomic mass is 9.89. The summed E-state index contributed by atoms with van der Waals surface area (Å²) in [6.07, 6.45) is 2.39. The Morgan fingerprint density at radius 2 is 2.22 bits per heavy atom. The van der Waals surface area contributed by atoms with Crippen molar-refractivity contribution in [3.63, 3.8) is 0 Å². The molecule has 0 amide bonds. The Kier molecular flexibility index (Phi) is 6.40. The Morgan fingerprint density at radius 1 is 1.48 bits per heavy atom. The molecule has 4 atom stereocenters. The van der Waals surface area contributed by atoms with Crippen LogP contribution in [-0.4, -0.2) is 68.6 Å². The maximum Gasteiger partial charge on any atom is 0.282 e. The van der Waals surface area contributed by atoms with Crippen LogP contribution in [0.2, 0.25) is 0 Å². The Bertz CT molecular complexity index is 533. The van der Waals surface area contributed by atoms with Gasteiger partial charge in [-0.2, -0.15) is 22.3 Å². The number of fused-ring (bicyclic) bond motifs is 1. The first-order chi connectivity index (χ1) is 10.9. The number of methoxy groups -OCH3 is 1. The number of hydrogen-bond acceptors (Lipinski definition) is 5. The topological polar surface area (TPSA) is 82.9 Å². The summed E-state index contributed by atoms with van der Waals surface area (Å²) >= 11 is 0. The highest BCUT2D eigenvalue weighted by atomic mass is 32.2. The van der Waals surface area contributed by atoms with Crippen LogP contribution >= 0.6 is 0 Å². The van der Waals surface area contributed by atoms with Crippen molar-refractivity contribution in [2.45, 2.75) is 51.4 Å². The average Bonchev–Trinajstić information content (AvgIpc) is 2.57. The minimum absolute atomic E-state index is 0.0583. The van der Waals surface area contributed by atoms with Crippen LogP contribution in [0.25, 0.3) is 0 Å². The van der Waals surface area contributed by atoms with Crippen molar-refractivity contribution in [2.24, 2.45) is 5.92 Å². The Labute approximate surface area is 139 Å². The predicted octanol–water partition coefficient (Wildman–Crippen LogP) is 0.981. The molecule has 2 aliphatic rings. The quantitative estimate of drug-likeness (QED) is 0.717. The van der Waals surface area contributed by atoms with Gasteiger partial charge in [0, 0.05) is 26.7 Å². The third-order valence-corrected chi connectivity index (χ3v) is 6.83. The minimum atomic E-state index is -3.60. The Hall–Kier alpha value is -0.720. The van der Waals surface area contributed by atoms with E-state index in [0.29, 0.717) is 26.1 Å². The molecule has 1 aliphatic heterocycles. The van der Waals surface area contributed by atoms with E-state index in [1.54, 1.807) is 25.3 Å². The van der Waals surface area contributed by atoms with Crippen molar-refractivity contribution in [1.29, 1.82) is 5.26 Å². The zero-order chi connectivity index (χ0) is 17.0. The lowest BCUT2D eigenvalue weighted by Gasteiger charge is -2.45. The van der Waals surface area contributed by atoms with Crippen LogP contribution in [0.1, 0.15) is 33.1 Å². The van der Waals surface area contributed by atoms with Crippen molar-refractivity contribution in [3.8, 4) is 6.07 Å². The maximum atomic E-state index is 13.1. The molecule has 2 rings (SSSR count). The second kappa shape index (κ2) is 7.90. The first-order valence-corrected chi connectivity index (χ1v) is 9.64. The Balaban J connectivity index is 2.20. The summed E-state index contributed by atoms with van der Waals surface area (Å²) in [4.78, 5) is 0. The number of nitrogens with zero attached hydrogens (tertiary/aromatic N) is 3. The van der Waals surface area contributed by atoms with Crippen molar-refractivity contribution >= 4 is 10.2 Å². The third-order valence-electron chi connectivity index (χ3n) is 4.73. The zero-order valence-corrected chi connectivity index (χ0v) is 15.0. The molecular formula is C15H27N3O4S. The van der Waals surface area contributed by atoms with Crippen molar-refractivity contribution < 1.29 is 17.9 Å². The highest BCUT2D eigenvalue weighted by molar-refractivity contribution is 7.86. The van der Waals surface area contributed by atoms with E-state index in [0.717, 1.165) is 12.8 Å². The number of rotatable bonds is 6. The highest BCUT2D eigenvalue weighted by Gasteiger charge is 2.44. The van der Waals surface area contributed by atoms with E-state index in [-0.39, 0.29) is 30.7 Å². The van der Waals surface area contributed by atoms with Crippen LogP contribution in [0.5, 0.6) is 0 Å². The smallest absolute Gasteiger partial charge is 0.282 e. The molecule has 0 N–H and O–H groups in total. The molecule has 2 fully saturated rings. The molecule has 1 saturated carbocycles. The monoisotopic (exact) mass is 345 g/mol. The summed E-state index contributed by atoms with van der Waals surface area (Å²) in [5.41, 5.74) is 0. The molecule has 1 heterocycles. The van der Waals surface area contributed by atoms with Crippen LogP contribution in [0.3, 0.4) is 0 Å². The number of morpholine rings is 1. The summed E-state index contributed by atoms with van der Waals surface area (Å²) in [6, 6.07) is 1.93. The van der Waals surface area contributed by atoms with Crippen LogP contribution in [-0.2, 0) is 19.7 Å². The zero-order valence-electron chi connectivity index (χ0n) is 14.1. The van der Waals surface area contributed by atoms with Crippen molar-refractivity contribution in [1.82, 2.24) is 8.61 Å². The molecule has 1 saturated heterocycles.